The quantitative estimate of drug-likeness (QED) is 0.161. The van der Waals surface area contributed by atoms with E-state index in [9.17, 15) is 9.59 Å². The van der Waals surface area contributed by atoms with E-state index < -0.39 is 6.16 Å². The summed E-state index contributed by atoms with van der Waals surface area (Å²) in [5.74, 6) is 1.19. The first kappa shape index (κ1) is 24.7. The molecule has 9 heteroatoms. The van der Waals surface area contributed by atoms with E-state index in [4.69, 9.17) is 13.9 Å². The van der Waals surface area contributed by atoms with Crippen molar-refractivity contribution in [2.24, 2.45) is 0 Å². The van der Waals surface area contributed by atoms with Crippen molar-refractivity contribution in [1.29, 1.82) is 0 Å². The lowest BCUT2D eigenvalue weighted by atomic mass is 10.1. The van der Waals surface area contributed by atoms with Crippen molar-refractivity contribution in [3.05, 3.63) is 64.6 Å². The molecule has 2 aromatic heterocycles. The van der Waals surface area contributed by atoms with Gasteiger partial charge in [0.05, 0.1) is 19.9 Å². The summed E-state index contributed by atoms with van der Waals surface area (Å²) in [6.07, 6.45) is 4.44. The van der Waals surface area contributed by atoms with Crippen LogP contribution in [0.3, 0.4) is 0 Å². The highest BCUT2D eigenvalue weighted by atomic mass is 16.7. The van der Waals surface area contributed by atoms with Crippen LogP contribution in [0, 0.1) is 0 Å². The van der Waals surface area contributed by atoms with Gasteiger partial charge in [0, 0.05) is 60.8 Å². The normalized spacial score (nSPS) is 14.3. The molecule has 1 N–H and O–H groups in total. The number of nitrogens with zero attached hydrogens (tertiary/aromatic N) is 2. The van der Waals surface area contributed by atoms with Crippen LogP contribution in [0.15, 0.2) is 57.9 Å². The fourth-order valence-corrected chi connectivity index (χ4v) is 4.92. The molecule has 0 bridgehead atoms. The standard InChI is InChI=1S/C28H31N3O6/c1-34-26-17-25-19(6-9-27(32)37-25)15-24(26)31-13-11-30(12-14-31)10-4-3-5-20-18-29-23-8-7-21(16-22(20)23)36-28(33)35-2/h6-9,15-18,29H,3-5,10-14H2,1-2H3. The Labute approximate surface area is 214 Å². The number of carbonyl (C=O) groups excluding carboxylic acids is 1. The van der Waals surface area contributed by atoms with Gasteiger partial charge in [-0.2, -0.15) is 0 Å². The van der Waals surface area contributed by atoms with Gasteiger partial charge in [0.2, 0.25) is 0 Å². The first-order chi connectivity index (χ1) is 18.0. The molecule has 5 rings (SSSR count). The third-order valence-corrected chi connectivity index (χ3v) is 6.91. The molecule has 1 aliphatic rings. The fraction of sp³-hybridized carbons (Fsp3) is 0.357. The Morgan fingerprint density at radius 2 is 1.86 bits per heavy atom. The zero-order chi connectivity index (χ0) is 25.8. The lowest BCUT2D eigenvalue weighted by molar-refractivity contribution is 0.121. The molecule has 2 aromatic carbocycles. The molecule has 3 heterocycles. The Morgan fingerprint density at radius 1 is 1.03 bits per heavy atom. The lowest BCUT2D eigenvalue weighted by Gasteiger charge is -2.36. The zero-order valence-electron chi connectivity index (χ0n) is 21.1. The second kappa shape index (κ2) is 11.0. The summed E-state index contributed by atoms with van der Waals surface area (Å²) >= 11 is 0. The largest absolute Gasteiger partial charge is 0.513 e. The predicted octanol–water partition coefficient (Wildman–Crippen LogP) is 4.57. The van der Waals surface area contributed by atoms with Crippen molar-refractivity contribution in [2.75, 3.05) is 51.8 Å². The molecule has 0 saturated carbocycles. The smallest absolute Gasteiger partial charge is 0.494 e. The molecule has 0 aliphatic carbocycles. The molecule has 0 spiro atoms. The van der Waals surface area contributed by atoms with E-state index in [-0.39, 0.29) is 5.63 Å². The van der Waals surface area contributed by atoms with Crippen LogP contribution < -0.4 is 20.0 Å². The minimum absolute atomic E-state index is 0.363. The number of aryl methyl sites for hydroxylation is 1. The second-order valence-electron chi connectivity index (χ2n) is 9.18. The summed E-state index contributed by atoms with van der Waals surface area (Å²) in [4.78, 5) is 31.1. The minimum Gasteiger partial charge on any atom is -0.494 e. The highest BCUT2D eigenvalue weighted by molar-refractivity contribution is 5.85. The number of hydrogen-bond donors (Lipinski definition) is 1. The van der Waals surface area contributed by atoms with Crippen molar-refractivity contribution in [3.63, 3.8) is 0 Å². The van der Waals surface area contributed by atoms with Crippen LogP contribution in [-0.2, 0) is 11.2 Å². The molecule has 1 saturated heterocycles. The minimum atomic E-state index is -0.719. The first-order valence-corrected chi connectivity index (χ1v) is 12.5. The number of ether oxygens (including phenoxy) is 3. The number of hydrogen-bond acceptors (Lipinski definition) is 8. The molecule has 1 fully saturated rings. The van der Waals surface area contributed by atoms with Gasteiger partial charge in [0.1, 0.15) is 17.1 Å². The summed E-state index contributed by atoms with van der Waals surface area (Å²) in [7, 11) is 2.94. The van der Waals surface area contributed by atoms with Crippen LogP contribution in [-0.4, -0.2) is 63.0 Å². The number of piperazine rings is 1. The molecule has 1 aliphatic heterocycles. The van der Waals surface area contributed by atoms with E-state index in [2.05, 4.69) is 19.5 Å². The number of benzene rings is 2. The summed E-state index contributed by atoms with van der Waals surface area (Å²) in [6.45, 7) is 4.82. The van der Waals surface area contributed by atoms with Crippen LogP contribution in [0.2, 0.25) is 0 Å². The number of H-pyrrole nitrogens is 1. The fourth-order valence-electron chi connectivity index (χ4n) is 4.92. The molecule has 0 amide bonds. The topological polar surface area (TPSA) is 97.2 Å². The maximum absolute atomic E-state index is 11.6. The van der Waals surface area contributed by atoms with Crippen LogP contribution in [0.5, 0.6) is 11.5 Å². The number of aromatic nitrogens is 1. The maximum Gasteiger partial charge on any atom is 0.513 e. The van der Waals surface area contributed by atoms with Crippen LogP contribution in [0.1, 0.15) is 18.4 Å². The van der Waals surface area contributed by atoms with E-state index in [1.165, 1.54) is 18.7 Å². The molecule has 9 nitrogen and oxygen atoms in total. The van der Waals surface area contributed by atoms with E-state index in [0.29, 0.717) is 17.1 Å². The average Bonchev–Trinajstić information content (AvgIpc) is 3.32. The van der Waals surface area contributed by atoms with E-state index >= 15 is 0 Å². The summed E-state index contributed by atoms with van der Waals surface area (Å²) in [5, 5.41) is 1.96. The van der Waals surface area contributed by atoms with Gasteiger partial charge in [0.25, 0.3) is 0 Å². The van der Waals surface area contributed by atoms with Gasteiger partial charge < -0.3 is 28.5 Å². The highest BCUT2D eigenvalue weighted by Crippen LogP contribution is 2.33. The number of methoxy groups -OCH3 is 2. The Kier molecular flexibility index (Phi) is 7.32. The van der Waals surface area contributed by atoms with Crippen LogP contribution in [0.25, 0.3) is 21.9 Å². The number of rotatable bonds is 8. The van der Waals surface area contributed by atoms with Gasteiger partial charge in [0.15, 0.2) is 0 Å². The van der Waals surface area contributed by atoms with Gasteiger partial charge in [-0.15, -0.1) is 0 Å². The molecular formula is C28H31N3O6. The van der Waals surface area contributed by atoms with Crippen molar-refractivity contribution in [2.45, 2.75) is 19.3 Å². The van der Waals surface area contributed by atoms with Crippen LogP contribution in [0.4, 0.5) is 10.5 Å². The van der Waals surface area contributed by atoms with Gasteiger partial charge in [-0.05, 0) is 61.7 Å². The van der Waals surface area contributed by atoms with Gasteiger partial charge >= 0.3 is 11.8 Å². The van der Waals surface area contributed by atoms with Crippen LogP contribution >= 0.6 is 0 Å². The Hall–Kier alpha value is -3.98. The second-order valence-corrected chi connectivity index (χ2v) is 9.18. The number of anilines is 1. The SMILES string of the molecule is COC(=O)Oc1ccc2[nH]cc(CCCCN3CCN(c4cc5ccc(=O)oc5cc4OC)CC3)c2c1. The lowest BCUT2D eigenvalue weighted by Crippen LogP contribution is -2.46. The average molecular weight is 506 g/mol. The molecular weight excluding hydrogens is 474 g/mol. The number of fused-ring (bicyclic) bond motifs is 2. The summed E-state index contributed by atoms with van der Waals surface area (Å²) in [6, 6.07) is 12.6. The third-order valence-electron chi connectivity index (χ3n) is 6.91. The molecule has 0 atom stereocenters. The Balaban J connectivity index is 1.13. The number of unbranched alkanes of at least 4 members (excludes halogenated alkanes) is 1. The number of nitrogens with one attached hydrogen (secondary N) is 1. The number of carbonyl (C=O) groups is 1. The highest BCUT2D eigenvalue weighted by Gasteiger charge is 2.20. The van der Waals surface area contributed by atoms with E-state index in [1.807, 2.05) is 24.4 Å². The predicted molar refractivity (Wildman–Crippen MR) is 142 cm³/mol. The summed E-state index contributed by atoms with van der Waals surface area (Å²) in [5.41, 5.74) is 3.44. The van der Waals surface area contributed by atoms with Crippen molar-refractivity contribution >= 4 is 33.7 Å². The Morgan fingerprint density at radius 3 is 2.65 bits per heavy atom. The molecule has 194 valence electrons. The van der Waals surface area contributed by atoms with Gasteiger partial charge in [-0.25, -0.2) is 9.59 Å². The maximum atomic E-state index is 11.6. The van der Waals surface area contributed by atoms with Gasteiger partial charge in [-0.3, -0.25) is 4.90 Å². The van der Waals surface area contributed by atoms with Crippen molar-refractivity contribution in [1.82, 2.24) is 9.88 Å². The number of aromatic amines is 1. The monoisotopic (exact) mass is 505 g/mol. The first-order valence-electron chi connectivity index (χ1n) is 12.5. The van der Waals surface area contributed by atoms with E-state index in [0.717, 1.165) is 74.0 Å². The molecule has 4 aromatic rings. The van der Waals surface area contributed by atoms with Gasteiger partial charge in [-0.1, -0.05) is 0 Å². The van der Waals surface area contributed by atoms with Crippen molar-refractivity contribution in [3.8, 4) is 11.5 Å². The third kappa shape index (κ3) is 5.56. The zero-order valence-corrected chi connectivity index (χ0v) is 21.1. The molecule has 37 heavy (non-hydrogen) atoms. The Bertz CT molecular complexity index is 1450. The van der Waals surface area contributed by atoms with E-state index in [1.54, 1.807) is 25.3 Å². The summed E-state index contributed by atoms with van der Waals surface area (Å²) < 4.78 is 20.7. The molecule has 0 radical (unpaired) electrons. The van der Waals surface area contributed by atoms with Crippen molar-refractivity contribution < 1.29 is 23.4 Å². The molecule has 0 unspecified atom stereocenters.